The Kier molecular flexibility index (Phi) is 27.5. The molecule has 426 valence electrons. The molecule has 11 aromatic rings. The summed E-state index contributed by atoms with van der Waals surface area (Å²) in [5.74, 6) is 0.532. The minimum absolute atomic E-state index is 0.266. The average molecular weight is 1080 g/mol. The van der Waals surface area contributed by atoms with E-state index in [2.05, 4.69) is 301 Å². The predicted octanol–water partition coefficient (Wildman–Crippen LogP) is 24.6. The highest BCUT2D eigenvalue weighted by molar-refractivity contribution is 6.08. The van der Waals surface area contributed by atoms with Crippen LogP contribution in [0, 0.1) is 83.1 Å². The fraction of sp³-hybridized carbons (Fsp3) is 0.268. The van der Waals surface area contributed by atoms with Crippen molar-refractivity contribution in [1.82, 2.24) is 0 Å². The third kappa shape index (κ3) is 16.7. The number of fused-ring (bicyclic) bond motifs is 3. The molecule has 0 bridgehead atoms. The second kappa shape index (κ2) is 33.8. The van der Waals surface area contributed by atoms with Crippen molar-refractivity contribution in [1.29, 1.82) is 0 Å². The lowest BCUT2D eigenvalue weighted by Crippen LogP contribution is -2.14. The van der Waals surface area contributed by atoms with Gasteiger partial charge in [0.2, 0.25) is 0 Å². The van der Waals surface area contributed by atoms with Crippen molar-refractivity contribution >= 4 is 32.3 Å². The van der Waals surface area contributed by atoms with Gasteiger partial charge in [-0.25, -0.2) is 0 Å². The van der Waals surface area contributed by atoms with Crippen molar-refractivity contribution in [2.45, 2.75) is 150 Å². The molecule has 0 saturated carbocycles. The van der Waals surface area contributed by atoms with Gasteiger partial charge in [0.25, 0.3) is 0 Å². The van der Waals surface area contributed by atoms with E-state index in [0.29, 0.717) is 0 Å². The molecule has 0 atom stereocenters. The Balaban J connectivity index is 0.000000237. The third-order valence-corrected chi connectivity index (χ3v) is 15.3. The zero-order valence-corrected chi connectivity index (χ0v) is 53.9. The van der Waals surface area contributed by atoms with Crippen LogP contribution >= 0.6 is 0 Å². The molecule has 0 radical (unpaired) electrons. The lowest BCUT2D eigenvalue weighted by molar-refractivity contribution is 0.694. The van der Waals surface area contributed by atoms with Crippen LogP contribution in [-0.4, -0.2) is 0 Å². The average Bonchev–Trinajstić information content (AvgIpc) is 3.52. The summed E-state index contributed by atoms with van der Waals surface area (Å²) in [4.78, 5) is 0. The molecule has 82 heavy (non-hydrogen) atoms. The topological polar surface area (TPSA) is 0 Å². The normalized spacial score (nSPS) is 10.2. The number of rotatable bonds is 6. The molecular formula is C82H98. The molecular weight excluding hydrogens is 985 g/mol. The predicted molar refractivity (Wildman–Crippen MR) is 369 cm³/mol. The molecule has 0 aromatic heterocycles. The van der Waals surface area contributed by atoms with Crippen LogP contribution < -0.4 is 0 Å². The largest absolute Gasteiger partial charge is 0.0683 e. The first-order chi connectivity index (χ1) is 39.7. The summed E-state index contributed by atoms with van der Waals surface area (Å²) in [5, 5.41) is 8.34. The summed E-state index contributed by atoms with van der Waals surface area (Å²) in [6.45, 7) is 42.2. The SMILES string of the molecule is CC.CC.CC.CC.Cc1cc(C)c(C)cc1C.Cc1ccc(C)c2c(C)ccc(C)c12.Cc1cccc2c(-c3ccc(C)c4c(C)cccc34)ccc(C)c12.c1ccc(C(c2ccccc2)C(c2ccccc2)c2ccccc2)cc1. The van der Waals surface area contributed by atoms with Crippen LogP contribution in [0.2, 0.25) is 0 Å². The van der Waals surface area contributed by atoms with E-state index in [1.807, 2.05) is 55.4 Å². The van der Waals surface area contributed by atoms with Gasteiger partial charge >= 0.3 is 0 Å². The van der Waals surface area contributed by atoms with Crippen LogP contribution in [0.15, 0.2) is 218 Å². The number of benzene rings is 11. The molecule has 11 aromatic carbocycles. The van der Waals surface area contributed by atoms with Gasteiger partial charge in [-0.2, -0.15) is 0 Å². The summed E-state index contributed by atoms with van der Waals surface area (Å²) in [7, 11) is 0. The van der Waals surface area contributed by atoms with Crippen molar-refractivity contribution in [2.75, 3.05) is 0 Å². The first kappa shape index (κ1) is 66.7. The first-order valence-electron chi connectivity index (χ1n) is 30.4. The van der Waals surface area contributed by atoms with Gasteiger partial charge in [-0.1, -0.05) is 274 Å². The van der Waals surface area contributed by atoms with E-state index >= 15 is 0 Å². The molecule has 0 heterocycles. The Labute approximate surface area is 498 Å². The molecule has 0 spiro atoms. The molecule has 0 amide bonds. The van der Waals surface area contributed by atoms with Gasteiger partial charge in [0.15, 0.2) is 0 Å². The maximum Gasteiger partial charge on any atom is 0.0199 e. The van der Waals surface area contributed by atoms with Crippen molar-refractivity contribution < 1.29 is 0 Å². The molecule has 0 aliphatic heterocycles. The van der Waals surface area contributed by atoms with Gasteiger partial charge in [-0.15, -0.1) is 0 Å². The Morgan fingerprint density at radius 2 is 0.390 bits per heavy atom. The number of aryl methyl sites for hydroxylation is 12. The van der Waals surface area contributed by atoms with E-state index in [1.54, 1.807) is 0 Å². The van der Waals surface area contributed by atoms with Crippen molar-refractivity contribution in [3.8, 4) is 11.1 Å². The smallest absolute Gasteiger partial charge is 0.0199 e. The molecule has 0 unspecified atom stereocenters. The highest BCUT2D eigenvalue weighted by Gasteiger charge is 2.28. The lowest BCUT2D eigenvalue weighted by Gasteiger charge is -2.29. The van der Waals surface area contributed by atoms with Crippen LogP contribution in [0.25, 0.3) is 43.4 Å². The van der Waals surface area contributed by atoms with Gasteiger partial charge in [-0.05, 0) is 216 Å². The van der Waals surface area contributed by atoms with Crippen LogP contribution in [-0.2, 0) is 0 Å². The highest BCUT2D eigenvalue weighted by Crippen LogP contribution is 2.43. The highest BCUT2D eigenvalue weighted by atomic mass is 14.3. The molecule has 0 saturated heterocycles. The van der Waals surface area contributed by atoms with E-state index in [1.165, 1.54) is 132 Å². The number of hydrogen-bond donors (Lipinski definition) is 0. The van der Waals surface area contributed by atoms with Crippen molar-refractivity contribution in [2.24, 2.45) is 0 Å². The first-order valence-corrected chi connectivity index (χ1v) is 30.4. The zero-order chi connectivity index (χ0) is 60.5. The van der Waals surface area contributed by atoms with Crippen LogP contribution in [0.3, 0.4) is 0 Å². The molecule has 0 fully saturated rings. The molecule has 0 nitrogen and oxygen atoms in total. The summed E-state index contributed by atoms with van der Waals surface area (Å²) in [6.07, 6.45) is 0. The maximum absolute atomic E-state index is 2.28. The summed E-state index contributed by atoms with van der Waals surface area (Å²) < 4.78 is 0. The quantitative estimate of drug-likeness (QED) is 0.156. The fourth-order valence-corrected chi connectivity index (χ4v) is 11.2. The van der Waals surface area contributed by atoms with Gasteiger partial charge in [-0.3, -0.25) is 0 Å². The van der Waals surface area contributed by atoms with E-state index in [9.17, 15) is 0 Å². The van der Waals surface area contributed by atoms with Gasteiger partial charge in [0.1, 0.15) is 0 Å². The van der Waals surface area contributed by atoms with Gasteiger partial charge in [0, 0.05) is 11.8 Å². The maximum atomic E-state index is 2.28. The van der Waals surface area contributed by atoms with E-state index in [4.69, 9.17) is 0 Å². The standard InChI is InChI=1S/C26H22.C24H22.C14H16.C10H14.4C2H6/c1-5-13-21(14-6-1)25(22-15-7-2-8-16-22)26(23-17-9-3-10-18-23)24-19-11-4-12-20-24;1-15-7-5-9-21-19(13-11-17(3)23(15)21)20-14-12-18(4)24-16(2)8-6-10-22(20)24;1-9-5-6-11(3)14-12(4)8-7-10(2)13(9)14;1-7-5-9(3)10(4)6-8(7)2;4*1-2/h1-20,25-26H;5-14H,1-4H3;5-8H,1-4H3;5-6H,1-4H3;4*1-2H3. The second-order valence-corrected chi connectivity index (χ2v) is 20.6. The minimum atomic E-state index is 0.266. The van der Waals surface area contributed by atoms with Crippen LogP contribution in [0.4, 0.5) is 0 Å². The van der Waals surface area contributed by atoms with Crippen LogP contribution in [0.1, 0.15) is 156 Å². The van der Waals surface area contributed by atoms with Gasteiger partial charge < -0.3 is 0 Å². The summed E-state index contributed by atoms with van der Waals surface area (Å²) in [6, 6.07) is 79.1. The van der Waals surface area contributed by atoms with E-state index in [-0.39, 0.29) is 11.8 Å². The fourth-order valence-electron chi connectivity index (χ4n) is 11.2. The lowest BCUT2D eigenvalue weighted by atomic mass is 9.74. The monoisotopic (exact) mass is 1080 g/mol. The summed E-state index contributed by atoms with van der Waals surface area (Å²) >= 11 is 0. The Morgan fingerprint density at radius 1 is 0.183 bits per heavy atom. The van der Waals surface area contributed by atoms with Gasteiger partial charge in [0.05, 0.1) is 0 Å². The second-order valence-electron chi connectivity index (χ2n) is 20.6. The molecule has 0 aliphatic rings. The van der Waals surface area contributed by atoms with E-state index in [0.717, 1.165) is 0 Å². The third-order valence-electron chi connectivity index (χ3n) is 15.3. The van der Waals surface area contributed by atoms with Crippen molar-refractivity contribution in [3.63, 3.8) is 0 Å². The van der Waals surface area contributed by atoms with Crippen molar-refractivity contribution in [3.05, 3.63) is 307 Å². The van der Waals surface area contributed by atoms with E-state index < -0.39 is 0 Å². The Bertz CT molecular complexity index is 3250. The van der Waals surface area contributed by atoms with Crippen LogP contribution in [0.5, 0.6) is 0 Å². The molecule has 11 rings (SSSR count). The zero-order valence-electron chi connectivity index (χ0n) is 53.9. The number of hydrogen-bond acceptors (Lipinski definition) is 0. The summed E-state index contributed by atoms with van der Waals surface area (Å²) in [5.41, 5.74) is 24.5. The molecule has 0 aliphatic carbocycles. The molecule has 0 heteroatoms. The minimum Gasteiger partial charge on any atom is -0.0683 e. The molecule has 0 N–H and O–H groups in total. The Morgan fingerprint density at radius 3 is 0.634 bits per heavy atom. The Hall–Kier alpha value is -7.80.